The van der Waals surface area contributed by atoms with E-state index in [0.717, 1.165) is 0 Å². The maximum Gasteiger partial charge on any atom is 0.330 e. The Kier molecular flexibility index (Phi) is 4.84. The van der Waals surface area contributed by atoms with Crippen molar-refractivity contribution in [3.63, 3.8) is 0 Å². The molecule has 0 saturated carbocycles. The third-order valence-electron chi connectivity index (χ3n) is 2.73. The van der Waals surface area contributed by atoms with Gasteiger partial charge in [0.05, 0.1) is 11.6 Å². The molecule has 1 fully saturated rings. The van der Waals surface area contributed by atoms with E-state index in [1.54, 1.807) is 4.99 Å². The minimum atomic E-state index is -0.511. The lowest BCUT2D eigenvalue weighted by Crippen LogP contribution is -2.31. The molecule has 1 saturated heterocycles. The molecule has 3 atom stereocenters. The maximum atomic E-state index is 11.6. The molecule has 8 heteroatoms. The van der Waals surface area contributed by atoms with Crippen LogP contribution in [0.15, 0.2) is 33.1 Å². The Morgan fingerprint density at radius 2 is 2.42 bits per heavy atom. The predicted molar refractivity (Wildman–Crippen MR) is 73.5 cm³/mol. The van der Waals surface area contributed by atoms with Gasteiger partial charge in [0.25, 0.3) is 5.56 Å². The van der Waals surface area contributed by atoms with Crippen molar-refractivity contribution < 1.29 is 9.47 Å². The molecule has 0 radical (unpaired) electrons. The average molecular weight is 352 g/mol. The molecule has 0 aliphatic carbocycles. The molecule has 1 aliphatic rings. The molecule has 0 aromatic carbocycles. The number of hydrogen-bond donors (Lipinski definition) is 1. The lowest BCUT2D eigenvalue weighted by Gasteiger charge is -2.15. The Balaban J connectivity index is 2.07. The van der Waals surface area contributed by atoms with E-state index in [2.05, 4.69) is 20.9 Å². The molecule has 6 nitrogen and oxygen atoms in total. The van der Waals surface area contributed by atoms with Crippen LogP contribution in [-0.4, -0.2) is 27.6 Å². The van der Waals surface area contributed by atoms with Crippen LogP contribution in [0.2, 0.25) is 0 Å². The zero-order valence-electron chi connectivity index (χ0n) is 9.79. The number of alkyl halides is 1. The summed E-state index contributed by atoms with van der Waals surface area (Å²) < 4.78 is 12.2. The SMILES string of the molecule is O=c1ccn([C@@H]2CC(Cl)[C@H](CO/C=C/Br)O2)c(=O)[nH]1. The number of ether oxygens (including phenoxy) is 2. The molecule has 0 amide bonds. The van der Waals surface area contributed by atoms with E-state index in [4.69, 9.17) is 21.1 Å². The largest absolute Gasteiger partial charge is 0.498 e. The van der Waals surface area contributed by atoms with Crippen LogP contribution in [0.3, 0.4) is 0 Å². The van der Waals surface area contributed by atoms with Crippen molar-refractivity contribution in [1.29, 1.82) is 0 Å². The van der Waals surface area contributed by atoms with E-state index >= 15 is 0 Å². The van der Waals surface area contributed by atoms with Gasteiger partial charge in [0.1, 0.15) is 18.9 Å². The number of halogens is 2. The van der Waals surface area contributed by atoms with Gasteiger partial charge in [-0.15, -0.1) is 11.6 Å². The number of rotatable bonds is 4. The normalized spacial score (nSPS) is 26.9. The van der Waals surface area contributed by atoms with Crippen molar-refractivity contribution in [2.75, 3.05) is 6.61 Å². The van der Waals surface area contributed by atoms with Crippen LogP contribution in [0.25, 0.3) is 0 Å². The van der Waals surface area contributed by atoms with Gasteiger partial charge in [-0.05, 0) is 0 Å². The Morgan fingerprint density at radius 3 is 3.11 bits per heavy atom. The monoisotopic (exact) mass is 350 g/mol. The zero-order chi connectivity index (χ0) is 13.8. The Morgan fingerprint density at radius 1 is 1.63 bits per heavy atom. The highest BCUT2D eigenvalue weighted by molar-refractivity contribution is 9.11. The quantitative estimate of drug-likeness (QED) is 0.656. The average Bonchev–Trinajstić information content (AvgIpc) is 2.71. The first-order chi connectivity index (χ1) is 9.11. The van der Waals surface area contributed by atoms with Crippen LogP contribution in [-0.2, 0) is 9.47 Å². The summed E-state index contributed by atoms with van der Waals surface area (Å²) in [5.41, 5.74) is -0.952. The van der Waals surface area contributed by atoms with Crippen LogP contribution >= 0.6 is 27.5 Å². The van der Waals surface area contributed by atoms with Crippen molar-refractivity contribution in [3.8, 4) is 0 Å². The van der Waals surface area contributed by atoms with E-state index < -0.39 is 17.5 Å². The van der Waals surface area contributed by atoms with E-state index in [9.17, 15) is 9.59 Å². The van der Waals surface area contributed by atoms with Crippen molar-refractivity contribution in [1.82, 2.24) is 9.55 Å². The first-order valence-corrected chi connectivity index (χ1v) is 6.95. The summed E-state index contributed by atoms with van der Waals surface area (Å²) in [7, 11) is 0. The lowest BCUT2D eigenvalue weighted by molar-refractivity contribution is -0.0266. The van der Waals surface area contributed by atoms with Gasteiger partial charge in [0.15, 0.2) is 0 Å². The second-order valence-electron chi connectivity index (χ2n) is 3.99. The molecule has 2 heterocycles. The summed E-state index contributed by atoms with van der Waals surface area (Å²) in [5.74, 6) is 0. The highest BCUT2D eigenvalue weighted by atomic mass is 79.9. The van der Waals surface area contributed by atoms with Crippen LogP contribution in [0.1, 0.15) is 12.6 Å². The number of nitrogens with zero attached hydrogens (tertiary/aromatic N) is 1. The fraction of sp³-hybridized carbons (Fsp3) is 0.455. The van der Waals surface area contributed by atoms with Crippen molar-refractivity contribution in [3.05, 3.63) is 44.3 Å². The van der Waals surface area contributed by atoms with Gasteiger partial charge in [-0.1, -0.05) is 15.9 Å². The first kappa shape index (κ1) is 14.4. The molecule has 1 aromatic heterocycles. The topological polar surface area (TPSA) is 73.3 Å². The summed E-state index contributed by atoms with van der Waals surface area (Å²) >= 11 is 9.24. The Bertz CT molecular complexity index is 570. The smallest absolute Gasteiger partial charge is 0.330 e. The molecule has 1 aromatic rings. The van der Waals surface area contributed by atoms with Crippen molar-refractivity contribution >= 4 is 27.5 Å². The van der Waals surface area contributed by atoms with Gasteiger partial charge in [-0.25, -0.2) is 4.79 Å². The summed E-state index contributed by atoms with van der Waals surface area (Å²) in [6, 6.07) is 1.27. The van der Waals surface area contributed by atoms with Crippen molar-refractivity contribution in [2.24, 2.45) is 0 Å². The summed E-state index contributed by atoms with van der Waals surface area (Å²) in [4.78, 5) is 26.4. The minimum Gasteiger partial charge on any atom is -0.498 e. The predicted octanol–water partition coefficient (Wildman–Crippen LogP) is 1.31. The van der Waals surface area contributed by atoms with Crippen LogP contribution in [0.5, 0.6) is 0 Å². The van der Waals surface area contributed by atoms with Gasteiger partial charge in [0, 0.05) is 23.7 Å². The Hall–Kier alpha value is -1.05. The molecule has 1 N–H and O–H groups in total. The minimum absolute atomic E-state index is 0.257. The molecule has 2 rings (SSSR count). The van der Waals surface area contributed by atoms with E-state index in [1.807, 2.05) is 0 Å². The number of H-pyrrole nitrogens is 1. The summed E-state index contributed by atoms with van der Waals surface area (Å²) in [5, 5.41) is -0.257. The molecular formula is C11H12BrClN2O4. The Labute approximate surface area is 122 Å². The number of aromatic amines is 1. The van der Waals surface area contributed by atoms with E-state index in [1.165, 1.54) is 23.1 Å². The molecule has 1 unspecified atom stereocenters. The maximum absolute atomic E-state index is 11.6. The molecular weight excluding hydrogens is 339 g/mol. The highest BCUT2D eigenvalue weighted by Crippen LogP contribution is 2.31. The van der Waals surface area contributed by atoms with Gasteiger partial charge in [0.2, 0.25) is 0 Å². The van der Waals surface area contributed by atoms with Gasteiger partial charge in [-0.2, -0.15) is 0 Å². The number of nitrogens with one attached hydrogen (secondary N) is 1. The second kappa shape index (κ2) is 6.40. The number of aromatic nitrogens is 2. The second-order valence-corrected chi connectivity index (χ2v) is 5.08. The van der Waals surface area contributed by atoms with Gasteiger partial charge < -0.3 is 9.47 Å². The molecule has 19 heavy (non-hydrogen) atoms. The van der Waals surface area contributed by atoms with Gasteiger partial charge >= 0.3 is 5.69 Å². The van der Waals surface area contributed by atoms with Crippen LogP contribution in [0.4, 0.5) is 0 Å². The summed E-state index contributed by atoms with van der Waals surface area (Å²) in [6.07, 6.45) is 2.55. The standard InChI is InChI=1S/C11H12BrClN2O4/c12-2-4-18-6-8-7(13)5-10(19-8)15-3-1-9(16)14-11(15)17/h1-4,7-8,10H,5-6H2,(H,14,16,17)/b4-2+/t7?,8-,10-/m0/s1. The zero-order valence-corrected chi connectivity index (χ0v) is 12.1. The molecule has 104 valence electrons. The van der Waals surface area contributed by atoms with Crippen LogP contribution in [0, 0.1) is 0 Å². The van der Waals surface area contributed by atoms with E-state index in [-0.39, 0.29) is 11.5 Å². The third-order valence-corrected chi connectivity index (χ3v) is 3.41. The highest BCUT2D eigenvalue weighted by Gasteiger charge is 2.35. The molecule has 0 spiro atoms. The number of hydrogen-bond acceptors (Lipinski definition) is 4. The summed E-state index contributed by atoms with van der Waals surface area (Å²) in [6.45, 7) is 0.296. The van der Waals surface area contributed by atoms with Crippen molar-refractivity contribution in [2.45, 2.75) is 24.1 Å². The molecule has 1 aliphatic heterocycles. The van der Waals surface area contributed by atoms with E-state index in [0.29, 0.717) is 13.0 Å². The fourth-order valence-corrected chi connectivity index (χ4v) is 2.29. The van der Waals surface area contributed by atoms with Crippen LogP contribution < -0.4 is 11.2 Å². The third kappa shape index (κ3) is 3.49. The fourth-order valence-electron chi connectivity index (χ4n) is 1.85. The van der Waals surface area contributed by atoms with Gasteiger partial charge in [-0.3, -0.25) is 14.3 Å². The molecule has 0 bridgehead atoms. The first-order valence-electron chi connectivity index (χ1n) is 5.59. The lowest BCUT2D eigenvalue weighted by atomic mass is 10.2.